The van der Waals surface area contributed by atoms with Gasteiger partial charge in [-0.15, -0.1) is 0 Å². The summed E-state index contributed by atoms with van der Waals surface area (Å²) >= 11 is 0. The number of imidazole rings is 1. The summed E-state index contributed by atoms with van der Waals surface area (Å²) in [7, 11) is 3.66. The Morgan fingerprint density at radius 3 is 2.47 bits per heavy atom. The van der Waals surface area contributed by atoms with Gasteiger partial charge in [0.1, 0.15) is 11.9 Å². The predicted octanol–water partition coefficient (Wildman–Crippen LogP) is 1.25. The van der Waals surface area contributed by atoms with Gasteiger partial charge >= 0.3 is 0 Å². The monoisotopic (exact) mass is 418 g/mol. The van der Waals surface area contributed by atoms with Crippen LogP contribution in [0, 0.1) is 5.41 Å². The Labute approximate surface area is 180 Å². The maximum Gasteiger partial charge on any atom is 0.272 e. The highest BCUT2D eigenvalue weighted by molar-refractivity contribution is 5.97. The molecule has 30 heavy (non-hydrogen) atoms. The summed E-state index contributed by atoms with van der Waals surface area (Å²) in [5.41, 5.74) is 1.03. The number of amides is 2. The smallest absolute Gasteiger partial charge is 0.272 e. The Morgan fingerprint density at radius 1 is 1.13 bits per heavy atom. The quantitative estimate of drug-likeness (QED) is 0.696. The standard InChI is InChI=1S/C22H38N6O2/c1-22(2,3)19(21(30)23-4)25-20(29)18-16-15-26(5)13-14-28(16)17(24-18)9-8-12-27-10-6-7-11-27/h19H,6-15H2,1-5H3,(H,23,30)(H,25,29). The number of aromatic nitrogens is 2. The van der Waals surface area contributed by atoms with Crippen molar-refractivity contribution in [2.24, 2.45) is 5.41 Å². The van der Waals surface area contributed by atoms with E-state index >= 15 is 0 Å². The van der Waals surface area contributed by atoms with Gasteiger partial charge in [0, 0.05) is 33.1 Å². The van der Waals surface area contributed by atoms with Gasteiger partial charge in [-0.05, 0) is 51.4 Å². The lowest BCUT2D eigenvalue weighted by atomic mass is 9.86. The Kier molecular flexibility index (Phi) is 7.18. The lowest BCUT2D eigenvalue weighted by molar-refractivity contribution is -0.124. The molecule has 3 heterocycles. The molecule has 168 valence electrons. The molecule has 0 radical (unpaired) electrons. The molecule has 2 N–H and O–H groups in total. The maximum atomic E-state index is 13.2. The topological polar surface area (TPSA) is 82.5 Å². The third kappa shape index (κ3) is 5.21. The van der Waals surface area contributed by atoms with Crippen molar-refractivity contribution in [1.82, 2.24) is 30.0 Å². The fourth-order valence-corrected chi connectivity index (χ4v) is 4.43. The molecular weight excluding hydrogens is 380 g/mol. The number of nitrogens with one attached hydrogen (secondary N) is 2. The molecule has 8 nitrogen and oxygen atoms in total. The number of rotatable bonds is 7. The van der Waals surface area contributed by atoms with E-state index in [9.17, 15) is 9.59 Å². The van der Waals surface area contributed by atoms with E-state index in [2.05, 4.69) is 32.0 Å². The van der Waals surface area contributed by atoms with E-state index in [-0.39, 0.29) is 11.8 Å². The third-order valence-electron chi connectivity index (χ3n) is 6.22. The van der Waals surface area contributed by atoms with Gasteiger partial charge in [-0.25, -0.2) is 4.98 Å². The molecule has 0 aromatic carbocycles. The number of carbonyl (C=O) groups is 2. The van der Waals surface area contributed by atoms with Crippen molar-refractivity contribution in [3.8, 4) is 0 Å². The normalized spacial score (nSPS) is 18.8. The molecule has 1 aromatic rings. The molecule has 2 amide bonds. The van der Waals surface area contributed by atoms with E-state index in [1.807, 2.05) is 20.8 Å². The minimum atomic E-state index is -0.618. The molecule has 1 unspecified atom stereocenters. The van der Waals surface area contributed by atoms with Crippen LogP contribution in [-0.4, -0.2) is 77.5 Å². The zero-order valence-electron chi connectivity index (χ0n) is 19.3. The van der Waals surface area contributed by atoms with Gasteiger partial charge in [0.2, 0.25) is 5.91 Å². The van der Waals surface area contributed by atoms with E-state index in [0.29, 0.717) is 12.2 Å². The SMILES string of the molecule is CNC(=O)C(NC(=O)c1nc(CCCN2CCCC2)n2c1CN(C)CC2)C(C)(C)C. The molecule has 0 aliphatic carbocycles. The molecule has 1 aromatic heterocycles. The van der Waals surface area contributed by atoms with Crippen LogP contribution in [0.25, 0.3) is 0 Å². The summed E-state index contributed by atoms with van der Waals surface area (Å²) < 4.78 is 2.23. The molecule has 0 spiro atoms. The second-order valence-electron chi connectivity index (χ2n) is 9.75. The summed E-state index contributed by atoms with van der Waals surface area (Å²) in [5, 5.41) is 5.62. The average molecular weight is 419 g/mol. The summed E-state index contributed by atoms with van der Waals surface area (Å²) in [6.45, 7) is 11.8. The first kappa shape index (κ1) is 22.7. The van der Waals surface area contributed by atoms with E-state index in [1.54, 1.807) is 7.05 Å². The zero-order valence-corrected chi connectivity index (χ0v) is 19.3. The van der Waals surface area contributed by atoms with Gasteiger partial charge in [-0.2, -0.15) is 0 Å². The fourth-order valence-electron chi connectivity index (χ4n) is 4.43. The van der Waals surface area contributed by atoms with Crippen LogP contribution >= 0.6 is 0 Å². The van der Waals surface area contributed by atoms with Gasteiger partial charge in [-0.3, -0.25) is 14.5 Å². The first-order valence-electron chi connectivity index (χ1n) is 11.2. The zero-order chi connectivity index (χ0) is 21.9. The lowest BCUT2D eigenvalue weighted by Gasteiger charge is -2.30. The highest BCUT2D eigenvalue weighted by Crippen LogP contribution is 2.23. The van der Waals surface area contributed by atoms with Crippen molar-refractivity contribution in [2.45, 2.75) is 65.6 Å². The number of aryl methyl sites for hydroxylation is 1. The maximum absolute atomic E-state index is 13.2. The third-order valence-corrected chi connectivity index (χ3v) is 6.22. The van der Waals surface area contributed by atoms with Gasteiger partial charge in [-0.1, -0.05) is 20.8 Å². The van der Waals surface area contributed by atoms with Crippen LogP contribution in [0.4, 0.5) is 0 Å². The molecule has 0 bridgehead atoms. The molecule has 8 heteroatoms. The minimum Gasteiger partial charge on any atom is -0.357 e. The van der Waals surface area contributed by atoms with Crippen LogP contribution in [-0.2, 0) is 24.3 Å². The largest absolute Gasteiger partial charge is 0.357 e. The average Bonchev–Trinajstić information content (AvgIpc) is 3.32. The predicted molar refractivity (Wildman–Crippen MR) is 117 cm³/mol. The van der Waals surface area contributed by atoms with Crippen LogP contribution in [0.2, 0.25) is 0 Å². The molecule has 1 atom stereocenters. The van der Waals surface area contributed by atoms with E-state index in [1.165, 1.54) is 25.9 Å². The van der Waals surface area contributed by atoms with Crippen LogP contribution in [0.5, 0.6) is 0 Å². The molecule has 1 fully saturated rings. The Balaban J connectivity index is 1.78. The Hall–Kier alpha value is -1.93. The lowest BCUT2D eigenvalue weighted by Crippen LogP contribution is -2.53. The Bertz CT molecular complexity index is 760. The van der Waals surface area contributed by atoms with Gasteiger partial charge in [0.15, 0.2) is 5.69 Å². The molecule has 0 saturated carbocycles. The second-order valence-corrected chi connectivity index (χ2v) is 9.75. The molecular formula is C22H38N6O2. The Morgan fingerprint density at radius 2 is 1.83 bits per heavy atom. The number of likely N-dealkylation sites (tertiary alicyclic amines) is 1. The fraction of sp³-hybridized carbons (Fsp3) is 0.773. The van der Waals surface area contributed by atoms with Crippen molar-refractivity contribution < 1.29 is 9.59 Å². The van der Waals surface area contributed by atoms with Crippen LogP contribution in [0.1, 0.15) is 62.0 Å². The number of carbonyl (C=O) groups excluding carboxylic acids is 2. The van der Waals surface area contributed by atoms with Crippen LogP contribution in [0.15, 0.2) is 0 Å². The highest BCUT2D eigenvalue weighted by Gasteiger charge is 2.34. The molecule has 3 rings (SSSR count). The van der Waals surface area contributed by atoms with E-state index in [4.69, 9.17) is 4.98 Å². The van der Waals surface area contributed by atoms with Crippen LogP contribution in [0.3, 0.4) is 0 Å². The number of hydrogen-bond donors (Lipinski definition) is 2. The summed E-state index contributed by atoms with van der Waals surface area (Å²) in [5.74, 6) is 0.546. The van der Waals surface area contributed by atoms with Crippen molar-refractivity contribution >= 4 is 11.8 Å². The van der Waals surface area contributed by atoms with Gasteiger partial charge in [0.25, 0.3) is 5.91 Å². The number of fused-ring (bicyclic) bond motifs is 1. The van der Waals surface area contributed by atoms with Crippen molar-refractivity contribution in [2.75, 3.05) is 40.3 Å². The van der Waals surface area contributed by atoms with Crippen molar-refractivity contribution in [3.05, 3.63) is 17.2 Å². The van der Waals surface area contributed by atoms with Gasteiger partial charge < -0.3 is 20.1 Å². The first-order chi connectivity index (χ1) is 14.2. The van der Waals surface area contributed by atoms with Crippen LogP contribution < -0.4 is 10.6 Å². The van der Waals surface area contributed by atoms with Crippen molar-refractivity contribution in [3.63, 3.8) is 0 Å². The number of hydrogen-bond acceptors (Lipinski definition) is 5. The van der Waals surface area contributed by atoms with Gasteiger partial charge in [0.05, 0.1) is 5.69 Å². The molecule has 2 aliphatic rings. The van der Waals surface area contributed by atoms with Crippen molar-refractivity contribution in [1.29, 1.82) is 0 Å². The minimum absolute atomic E-state index is 0.188. The second kappa shape index (κ2) is 9.47. The van der Waals surface area contributed by atoms with E-state index in [0.717, 1.165) is 44.0 Å². The summed E-state index contributed by atoms with van der Waals surface area (Å²) in [6.07, 6.45) is 4.53. The molecule has 1 saturated heterocycles. The molecule has 2 aliphatic heterocycles. The number of likely N-dealkylation sites (N-methyl/N-ethyl adjacent to an activating group) is 2. The summed E-state index contributed by atoms with van der Waals surface area (Å²) in [6, 6.07) is -0.618. The van der Waals surface area contributed by atoms with E-state index < -0.39 is 11.5 Å². The highest BCUT2D eigenvalue weighted by atomic mass is 16.2. The first-order valence-corrected chi connectivity index (χ1v) is 11.2. The summed E-state index contributed by atoms with van der Waals surface area (Å²) in [4.78, 5) is 35.1. The number of nitrogens with zero attached hydrogens (tertiary/aromatic N) is 4.